The molecule has 10 heteroatoms. The van der Waals surface area contributed by atoms with E-state index in [1.54, 1.807) is 24.3 Å². The number of anilines is 3. The third-order valence-corrected chi connectivity index (χ3v) is 5.42. The van der Waals surface area contributed by atoms with Gasteiger partial charge in [-0.25, -0.2) is 4.98 Å². The molecular weight excluding hydrogens is 427 g/mol. The monoisotopic (exact) mass is 448 g/mol. The molecule has 1 heterocycles. The second-order valence-corrected chi connectivity index (χ2v) is 7.38. The third kappa shape index (κ3) is 5.27. The first kappa shape index (κ1) is 22.0. The summed E-state index contributed by atoms with van der Waals surface area (Å²) in [5.74, 6) is 0.874. The molecule has 0 aliphatic rings. The fourth-order valence-corrected chi connectivity index (χ4v) is 3.29. The molecule has 0 aliphatic carbocycles. The summed E-state index contributed by atoms with van der Waals surface area (Å²) in [5, 5.41) is 19.1. The zero-order chi connectivity index (χ0) is 21.7. The van der Waals surface area contributed by atoms with E-state index < -0.39 is 4.92 Å². The molecule has 0 fully saturated rings. The molecule has 0 saturated carbocycles. The molecule has 0 amide bonds. The molecule has 3 rings (SSSR count). The van der Waals surface area contributed by atoms with Gasteiger partial charge in [0.2, 0.25) is 5.95 Å². The number of nitro benzene ring substituents is 1. The molecule has 3 aromatic rings. The summed E-state index contributed by atoms with van der Waals surface area (Å²) in [6, 6.07) is 9.66. The molecule has 0 spiro atoms. The van der Waals surface area contributed by atoms with Crippen molar-refractivity contribution in [1.82, 2.24) is 14.9 Å². The average Bonchev–Trinajstić information content (AvgIpc) is 2.73. The first-order chi connectivity index (χ1) is 14.4. The van der Waals surface area contributed by atoms with Gasteiger partial charge in [-0.1, -0.05) is 37.0 Å². The van der Waals surface area contributed by atoms with Crippen LogP contribution in [0.1, 0.15) is 13.8 Å². The number of nitrogens with one attached hydrogen (secondary N) is 2. The van der Waals surface area contributed by atoms with Crippen molar-refractivity contribution >= 4 is 57.2 Å². The topological polar surface area (TPSA) is 96.2 Å². The fourth-order valence-electron chi connectivity index (χ4n) is 3.00. The van der Waals surface area contributed by atoms with Gasteiger partial charge in [0.1, 0.15) is 5.82 Å². The Bertz CT molecular complexity index is 1060. The molecule has 8 nitrogen and oxygen atoms in total. The van der Waals surface area contributed by atoms with E-state index in [-0.39, 0.29) is 5.69 Å². The number of nitro groups is 1. The normalized spacial score (nSPS) is 11.1. The molecule has 0 atom stereocenters. The van der Waals surface area contributed by atoms with Crippen LogP contribution in [0.5, 0.6) is 0 Å². The number of likely N-dealkylation sites (N-methyl/N-ethyl adjacent to an activating group) is 1. The van der Waals surface area contributed by atoms with Gasteiger partial charge in [-0.3, -0.25) is 10.1 Å². The van der Waals surface area contributed by atoms with E-state index >= 15 is 0 Å². The van der Waals surface area contributed by atoms with Crippen molar-refractivity contribution in [2.45, 2.75) is 13.8 Å². The standard InChI is InChI=1S/C20H22Cl2N6O2/c1-3-27(4-2)10-9-23-19-15-12-14(28(29)30)6-8-18(15)25-20(26-19)24-13-5-7-16(21)17(22)11-13/h5-8,11-12H,3-4,9-10H2,1-2H3,(H2,23,24,25,26). The Morgan fingerprint density at radius 1 is 1.07 bits per heavy atom. The number of fused-ring (bicyclic) bond motifs is 1. The Kier molecular flexibility index (Phi) is 7.25. The predicted molar refractivity (Wildman–Crippen MR) is 122 cm³/mol. The van der Waals surface area contributed by atoms with E-state index in [1.165, 1.54) is 12.1 Å². The van der Waals surface area contributed by atoms with Crippen LogP contribution in [0.4, 0.5) is 23.1 Å². The van der Waals surface area contributed by atoms with Gasteiger partial charge in [-0.2, -0.15) is 4.98 Å². The zero-order valence-electron chi connectivity index (χ0n) is 16.7. The second kappa shape index (κ2) is 9.88. The highest BCUT2D eigenvalue weighted by atomic mass is 35.5. The van der Waals surface area contributed by atoms with Crippen LogP contribution < -0.4 is 10.6 Å². The van der Waals surface area contributed by atoms with E-state index in [2.05, 4.69) is 39.3 Å². The summed E-state index contributed by atoms with van der Waals surface area (Å²) < 4.78 is 0. The molecule has 0 saturated heterocycles. The number of benzene rings is 2. The van der Waals surface area contributed by atoms with Crippen molar-refractivity contribution in [1.29, 1.82) is 0 Å². The summed E-state index contributed by atoms with van der Waals surface area (Å²) >= 11 is 12.1. The lowest BCUT2D eigenvalue weighted by atomic mass is 10.2. The largest absolute Gasteiger partial charge is 0.368 e. The Balaban J connectivity index is 1.94. The molecule has 0 bridgehead atoms. The molecule has 158 valence electrons. The quantitative estimate of drug-likeness (QED) is 0.336. The summed E-state index contributed by atoms with van der Waals surface area (Å²) in [7, 11) is 0. The lowest BCUT2D eigenvalue weighted by Gasteiger charge is -2.19. The van der Waals surface area contributed by atoms with Crippen molar-refractivity contribution in [3.8, 4) is 0 Å². The minimum atomic E-state index is -0.430. The molecular formula is C20H22Cl2N6O2. The maximum Gasteiger partial charge on any atom is 0.270 e. The summed E-state index contributed by atoms with van der Waals surface area (Å²) in [5.41, 5.74) is 1.26. The van der Waals surface area contributed by atoms with Gasteiger partial charge < -0.3 is 15.5 Å². The maximum absolute atomic E-state index is 11.2. The van der Waals surface area contributed by atoms with E-state index in [0.717, 1.165) is 19.6 Å². The molecule has 30 heavy (non-hydrogen) atoms. The van der Waals surface area contributed by atoms with Crippen LogP contribution >= 0.6 is 23.2 Å². The van der Waals surface area contributed by atoms with Crippen LogP contribution in [-0.2, 0) is 0 Å². The van der Waals surface area contributed by atoms with Gasteiger partial charge in [0.05, 0.1) is 20.5 Å². The number of hydrogen-bond acceptors (Lipinski definition) is 7. The van der Waals surface area contributed by atoms with E-state index in [4.69, 9.17) is 23.2 Å². The number of halogens is 2. The van der Waals surface area contributed by atoms with Crippen LogP contribution in [0, 0.1) is 10.1 Å². The predicted octanol–water partition coefficient (Wildman–Crippen LogP) is 5.34. The Morgan fingerprint density at radius 3 is 2.50 bits per heavy atom. The molecule has 2 N–H and O–H groups in total. The number of hydrogen-bond donors (Lipinski definition) is 2. The summed E-state index contributed by atoms with van der Waals surface area (Å²) in [6.07, 6.45) is 0. The number of non-ortho nitro benzene ring substituents is 1. The lowest BCUT2D eigenvalue weighted by Crippen LogP contribution is -2.28. The summed E-state index contributed by atoms with van der Waals surface area (Å²) in [4.78, 5) is 22.1. The highest BCUT2D eigenvalue weighted by Gasteiger charge is 2.14. The Hall–Kier alpha value is -2.68. The van der Waals surface area contributed by atoms with E-state index in [9.17, 15) is 10.1 Å². The lowest BCUT2D eigenvalue weighted by molar-refractivity contribution is -0.384. The minimum absolute atomic E-state index is 0.0110. The van der Waals surface area contributed by atoms with E-state index in [0.29, 0.717) is 44.9 Å². The van der Waals surface area contributed by atoms with Crippen LogP contribution in [0.25, 0.3) is 10.9 Å². The van der Waals surface area contributed by atoms with Crippen molar-refractivity contribution in [2.75, 3.05) is 36.8 Å². The maximum atomic E-state index is 11.2. The molecule has 0 radical (unpaired) electrons. The highest BCUT2D eigenvalue weighted by Crippen LogP contribution is 2.29. The van der Waals surface area contributed by atoms with Crippen molar-refractivity contribution in [3.05, 3.63) is 56.6 Å². The first-order valence-corrected chi connectivity index (χ1v) is 10.3. The van der Waals surface area contributed by atoms with Crippen molar-refractivity contribution in [3.63, 3.8) is 0 Å². The third-order valence-electron chi connectivity index (χ3n) is 4.68. The van der Waals surface area contributed by atoms with Gasteiger partial charge in [0, 0.05) is 36.3 Å². The average molecular weight is 449 g/mol. The van der Waals surface area contributed by atoms with Crippen molar-refractivity contribution < 1.29 is 4.92 Å². The molecule has 0 aliphatic heterocycles. The Labute approximate surface area is 184 Å². The highest BCUT2D eigenvalue weighted by molar-refractivity contribution is 6.42. The number of nitrogens with zero attached hydrogens (tertiary/aromatic N) is 4. The Morgan fingerprint density at radius 2 is 1.83 bits per heavy atom. The molecule has 0 unspecified atom stereocenters. The van der Waals surface area contributed by atoms with Gasteiger partial charge >= 0.3 is 0 Å². The molecule has 1 aromatic heterocycles. The van der Waals surface area contributed by atoms with Crippen LogP contribution in [0.2, 0.25) is 10.0 Å². The smallest absolute Gasteiger partial charge is 0.270 e. The van der Waals surface area contributed by atoms with Gasteiger partial charge in [-0.15, -0.1) is 0 Å². The van der Waals surface area contributed by atoms with E-state index in [1.807, 2.05) is 0 Å². The summed E-state index contributed by atoms with van der Waals surface area (Å²) in [6.45, 7) is 7.56. The van der Waals surface area contributed by atoms with Gasteiger partial charge in [-0.05, 0) is 37.4 Å². The van der Waals surface area contributed by atoms with Gasteiger partial charge in [0.25, 0.3) is 5.69 Å². The number of rotatable bonds is 9. The van der Waals surface area contributed by atoms with Crippen molar-refractivity contribution in [2.24, 2.45) is 0 Å². The molecule has 2 aromatic carbocycles. The van der Waals surface area contributed by atoms with Crippen LogP contribution in [-0.4, -0.2) is 46.0 Å². The number of aromatic nitrogens is 2. The second-order valence-electron chi connectivity index (χ2n) is 6.56. The first-order valence-electron chi connectivity index (χ1n) is 9.55. The van der Waals surface area contributed by atoms with Gasteiger partial charge in [0.15, 0.2) is 0 Å². The minimum Gasteiger partial charge on any atom is -0.368 e. The fraction of sp³-hybridized carbons (Fsp3) is 0.300. The zero-order valence-corrected chi connectivity index (χ0v) is 18.2. The van der Waals surface area contributed by atoms with Crippen LogP contribution in [0.3, 0.4) is 0 Å². The SMILES string of the molecule is CCN(CC)CCNc1nc(Nc2ccc(Cl)c(Cl)c2)nc2ccc([N+](=O)[O-])cc12. The van der Waals surface area contributed by atoms with Crippen LogP contribution in [0.15, 0.2) is 36.4 Å².